The van der Waals surface area contributed by atoms with Gasteiger partial charge in [-0.05, 0) is 37.6 Å². The number of benzene rings is 1. The Balaban J connectivity index is 2.14. The summed E-state index contributed by atoms with van der Waals surface area (Å²) in [6.07, 6.45) is 0.690. The Morgan fingerprint density at radius 3 is 2.43 bits per heavy atom. The van der Waals surface area contributed by atoms with Gasteiger partial charge in [0, 0.05) is 16.9 Å². The lowest BCUT2D eigenvalue weighted by Gasteiger charge is -2.23. The van der Waals surface area contributed by atoms with Crippen molar-refractivity contribution in [1.29, 1.82) is 0 Å². The molecule has 0 bridgehead atoms. The molecule has 2 unspecified atom stereocenters. The Morgan fingerprint density at radius 1 is 1.19 bits per heavy atom. The normalized spacial score (nSPS) is 14.4. The van der Waals surface area contributed by atoms with E-state index in [1.54, 1.807) is 0 Å². The Bertz CT molecular complexity index is 565. The van der Waals surface area contributed by atoms with Crippen molar-refractivity contribution in [3.63, 3.8) is 0 Å². The highest BCUT2D eigenvalue weighted by Gasteiger charge is 2.27. The summed E-state index contributed by atoms with van der Waals surface area (Å²) in [5.41, 5.74) is 1.17. The lowest BCUT2D eigenvalue weighted by Crippen LogP contribution is -2.32. The zero-order valence-corrected chi connectivity index (χ0v) is 14.5. The summed E-state index contributed by atoms with van der Waals surface area (Å²) >= 11 is 3.44. The smallest absolute Gasteiger partial charge is 0.231 e. The van der Waals surface area contributed by atoms with Gasteiger partial charge in [-0.15, -0.1) is 0 Å². The van der Waals surface area contributed by atoms with E-state index in [4.69, 9.17) is 4.52 Å². The molecule has 4 nitrogen and oxygen atoms in total. The second-order valence-corrected chi connectivity index (χ2v) is 6.61. The maximum atomic E-state index is 5.50. The molecule has 0 aliphatic rings. The minimum absolute atomic E-state index is 0.223. The predicted molar refractivity (Wildman–Crippen MR) is 87.3 cm³/mol. The van der Waals surface area contributed by atoms with E-state index < -0.39 is 0 Å². The van der Waals surface area contributed by atoms with Crippen molar-refractivity contribution in [3.05, 3.63) is 46.0 Å². The molecule has 2 atom stereocenters. The number of rotatable bonds is 6. The van der Waals surface area contributed by atoms with E-state index >= 15 is 0 Å². The highest BCUT2D eigenvalue weighted by atomic mass is 79.9. The first-order valence-corrected chi connectivity index (χ1v) is 8.04. The third-order valence-corrected chi connectivity index (χ3v) is 4.29. The van der Waals surface area contributed by atoms with Gasteiger partial charge in [0.2, 0.25) is 5.89 Å². The molecule has 0 aliphatic heterocycles. The molecule has 1 aromatic heterocycles. The number of hydrogen-bond acceptors (Lipinski definition) is 4. The van der Waals surface area contributed by atoms with Gasteiger partial charge in [-0.1, -0.05) is 47.1 Å². The molecule has 0 radical (unpaired) electrons. The molecule has 2 aromatic rings. The molecule has 1 N–H and O–H groups in total. The van der Waals surface area contributed by atoms with E-state index in [0.29, 0.717) is 18.4 Å². The van der Waals surface area contributed by atoms with Crippen molar-refractivity contribution in [2.75, 3.05) is 7.05 Å². The highest BCUT2D eigenvalue weighted by Crippen LogP contribution is 2.26. The fourth-order valence-corrected chi connectivity index (χ4v) is 2.78. The molecular weight excluding hydrogens is 330 g/mol. The molecule has 0 aliphatic carbocycles. The van der Waals surface area contributed by atoms with E-state index in [-0.39, 0.29) is 5.92 Å². The van der Waals surface area contributed by atoms with Crippen LogP contribution in [0.5, 0.6) is 0 Å². The van der Waals surface area contributed by atoms with Crippen molar-refractivity contribution < 1.29 is 4.52 Å². The largest absolute Gasteiger partial charge is 0.339 e. The molecule has 0 amide bonds. The van der Waals surface area contributed by atoms with Gasteiger partial charge in [-0.2, -0.15) is 4.98 Å². The van der Waals surface area contributed by atoms with Crippen LogP contribution in [0.25, 0.3) is 0 Å². The van der Waals surface area contributed by atoms with Gasteiger partial charge in [-0.3, -0.25) is 0 Å². The Hall–Kier alpha value is -1.20. The van der Waals surface area contributed by atoms with E-state index in [0.717, 1.165) is 16.2 Å². The number of likely N-dealkylation sites (N-methyl/N-ethyl adjacent to an activating group) is 1. The van der Waals surface area contributed by atoms with Gasteiger partial charge in [0.25, 0.3) is 0 Å². The minimum atomic E-state index is 0.223. The van der Waals surface area contributed by atoms with Crippen LogP contribution < -0.4 is 5.32 Å². The number of nitrogens with zero attached hydrogens (tertiary/aromatic N) is 2. The predicted octanol–water partition coefficient (Wildman–Crippen LogP) is 3.77. The first-order valence-electron chi connectivity index (χ1n) is 7.25. The van der Waals surface area contributed by atoms with E-state index in [9.17, 15) is 0 Å². The second-order valence-electron chi connectivity index (χ2n) is 5.70. The van der Waals surface area contributed by atoms with Crippen LogP contribution >= 0.6 is 15.9 Å². The molecule has 2 rings (SSSR count). The SMILES string of the molecule is CNC(C)C(c1nc(Cc2ccc(Br)cc2)no1)C(C)C. The number of halogens is 1. The van der Waals surface area contributed by atoms with Crippen LogP contribution in [0.2, 0.25) is 0 Å². The van der Waals surface area contributed by atoms with Crippen LogP contribution in [0, 0.1) is 5.92 Å². The quantitative estimate of drug-likeness (QED) is 0.860. The lowest BCUT2D eigenvalue weighted by atomic mass is 9.89. The van der Waals surface area contributed by atoms with Crippen molar-refractivity contribution in [3.8, 4) is 0 Å². The summed E-state index contributed by atoms with van der Waals surface area (Å²) in [6.45, 7) is 6.50. The van der Waals surface area contributed by atoms with Crippen LogP contribution in [0.1, 0.15) is 44.0 Å². The monoisotopic (exact) mass is 351 g/mol. The molecule has 1 aromatic carbocycles. The first kappa shape index (κ1) is 16.2. The summed E-state index contributed by atoms with van der Waals surface area (Å²) < 4.78 is 6.57. The van der Waals surface area contributed by atoms with Gasteiger partial charge < -0.3 is 9.84 Å². The van der Waals surface area contributed by atoms with Crippen LogP contribution in [-0.4, -0.2) is 23.2 Å². The molecule has 114 valence electrons. The van der Waals surface area contributed by atoms with Gasteiger partial charge in [0.1, 0.15) is 0 Å². The standard InChI is InChI=1S/C16H22BrN3O/c1-10(2)15(11(3)18-4)16-19-14(20-21-16)9-12-5-7-13(17)8-6-12/h5-8,10-11,15,18H,9H2,1-4H3. The van der Waals surface area contributed by atoms with E-state index in [2.05, 4.69) is 64.3 Å². The van der Waals surface area contributed by atoms with Gasteiger partial charge >= 0.3 is 0 Å². The van der Waals surface area contributed by atoms with Crippen molar-refractivity contribution in [2.45, 2.75) is 39.2 Å². The molecule has 0 fully saturated rings. The van der Waals surface area contributed by atoms with Crippen molar-refractivity contribution >= 4 is 15.9 Å². The summed E-state index contributed by atoms with van der Waals surface area (Å²) in [5.74, 6) is 2.12. The summed E-state index contributed by atoms with van der Waals surface area (Å²) in [5, 5.41) is 7.41. The van der Waals surface area contributed by atoms with Gasteiger partial charge in [0.15, 0.2) is 5.82 Å². The Morgan fingerprint density at radius 2 is 1.86 bits per heavy atom. The van der Waals surface area contributed by atoms with E-state index in [1.807, 2.05) is 19.2 Å². The Kier molecular flexibility index (Phi) is 5.53. The second kappa shape index (κ2) is 7.18. The molecular formula is C16H22BrN3O. The molecule has 1 heterocycles. The number of aromatic nitrogens is 2. The lowest BCUT2D eigenvalue weighted by molar-refractivity contribution is 0.285. The average Bonchev–Trinajstić information content (AvgIpc) is 2.89. The fraction of sp³-hybridized carbons (Fsp3) is 0.500. The summed E-state index contributed by atoms with van der Waals surface area (Å²) in [6, 6.07) is 8.48. The topological polar surface area (TPSA) is 51.0 Å². The fourth-order valence-electron chi connectivity index (χ4n) is 2.52. The third-order valence-electron chi connectivity index (χ3n) is 3.76. The zero-order chi connectivity index (χ0) is 15.4. The number of nitrogens with one attached hydrogen (secondary N) is 1. The maximum absolute atomic E-state index is 5.50. The van der Waals surface area contributed by atoms with Gasteiger partial charge in [0.05, 0.1) is 5.92 Å². The zero-order valence-electron chi connectivity index (χ0n) is 12.9. The molecule has 0 saturated carbocycles. The first-order chi connectivity index (χ1) is 10.0. The molecule has 5 heteroatoms. The third kappa shape index (κ3) is 4.14. The van der Waals surface area contributed by atoms with Gasteiger partial charge in [-0.25, -0.2) is 0 Å². The van der Waals surface area contributed by atoms with Crippen molar-refractivity contribution in [1.82, 2.24) is 15.5 Å². The number of hydrogen-bond donors (Lipinski definition) is 1. The molecule has 21 heavy (non-hydrogen) atoms. The molecule has 0 saturated heterocycles. The Labute approximate surface area is 134 Å². The van der Waals surface area contributed by atoms with E-state index in [1.165, 1.54) is 5.56 Å². The van der Waals surface area contributed by atoms with Crippen LogP contribution in [-0.2, 0) is 6.42 Å². The summed E-state index contributed by atoms with van der Waals surface area (Å²) in [7, 11) is 1.96. The van der Waals surface area contributed by atoms with Crippen LogP contribution in [0.4, 0.5) is 0 Å². The maximum Gasteiger partial charge on any atom is 0.231 e. The van der Waals surface area contributed by atoms with Crippen LogP contribution in [0.15, 0.2) is 33.3 Å². The minimum Gasteiger partial charge on any atom is -0.339 e. The average molecular weight is 352 g/mol. The summed E-state index contributed by atoms with van der Waals surface area (Å²) in [4.78, 5) is 4.59. The van der Waals surface area contributed by atoms with Crippen LogP contribution in [0.3, 0.4) is 0 Å². The molecule has 0 spiro atoms. The highest BCUT2D eigenvalue weighted by molar-refractivity contribution is 9.10. The van der Waals surface area contributed by atoms with Crippen molar-refractivity contribution in [2.24, 2.45) is 5.92 Å².